The van der Waals surface area contributed by atoms with Crippen molar-refractivity contribution in [2.75, 3.05) is 36.4 Å². The second kappa shape index (κ2) is 10.4. The number of anilines is 2. The van der Waals surface area contributed by atoms with Crippen molar-refractivity contribution in [2.45, 2.75) is 6.18 Å². The first-order chi connectivity index (χ1) is 18.2. The number of nitrogens with one attached hydrogen (secondary N) is 2. The Balaban J connectivity index is 1.31. The molecule has 5 rings (SSSR count). The van der Waals surface area contributed by atoms with Crippen LogP contribution in [0.15, 0.2) is 60.8 Å². The molecule has 1 fully saturated rings. The Morgan fingerprint density at radius 2 is 1.82 bits per heavy atom. The third kappa shape index (κ3) is 5.63. The van der Waals surface area contributed by atoms with Gasteiger partial charge in [0.15, 0.2) is 11.6 Å². The number of rotatable bonds is 5. The third-order valence-electron chi connectivity index (χ3n) is 5.89. The molecule has 12 heteroatoms. The molecule has 4 aromatic rings. The molecular formula is C26H20ClF4N5O2. The summed E-state index contributed by atoms with van der Waals surface area (Å²) >= 11 is 5.60. The number of piperazine rings is 1. The first-order valence-corrected chi connectivity index (χ1v) is 11.9. The number of fused-ring (bicyclic) bond motifs is 1. The van der Waals surface area contributed by atoms with Crippen molar-refractivity contribution in [3.63, 3.8) is 0 Å². The molecule has 0 spiro atoms. The molecule has 1 aromatic heterocycles. The van der Waals surface area contributed by atoms with Crippen LogP contribution in [0.2, 0.25) is 5.02 Å². The molecule has 1 aliphatic heterocycles. The van der Waals surface area contributed by atoms with Crippen LogP contribution in [0.3, 0.4) is 0 Å². The molecule has 0 aliphatic carbocycles. The zero-order valence-electron chi connectivity index (χ0n) is 19.6. The monoisotopic (exact) mass is 545 g/mol. The first-order valence-electron chi connectivity index (χ1n) is 11.6. The summed E-state index contributed by atoms with van der Waals surface area (Å²) in [5, 5.41) is 5.13. The van der Waals surface area contributed by atoms with E-state index in [1.54, 1.807) is 24.4 Å². The smallest absolute Gasteiger partial charge is 0.417 e. The fourth-order valence-electron chi connectivity index (χ4n) is 3.97. The molecular weight excluding hydrogens is 526 g/mol. The van der Waals surface area contributed by atoms with Gasteiger partial charge in [0.05, 0.1) is 27.8 Å². The normalized spacial score (nSPS) is 14.0. The van der Waals surface area contributed by atoms with Crippen LogP contribution in [-0.4, -0.2) is 42.1 Å². The van der Waals surface area contributed by atoms with E-state index in [9.17, 15) is 22.4 Å². The van der Waals surface area contributed by atoms with Gasteiger partial charge in [-0.1, -0.05) is 11.6 Å². The number of hydrogen-bond donors (Lipinski definition) is 2. The highest BCUT2D eigenvalue weighted by Gasteiger charge is 2.33. The average Bonchev–Trinajstić information content (AvgIpc) is 2.90. The van der Waals surface area contributed by atoms with Crippen molar-refractivity contribution in [3.8, 4) is 11.5 Å². The van der Waals surface area contributed by atoms with Gasteiger partial charge in [-0.25, -0.2) is 9.37 Å². The van der Waals surface area contributed by atoms with Crippen molar-refractivity contribution in [3.05, 3.63) is 82.8 Å². The van der Waals surface area contributed by atoms with E-state index in [0.717, 1.165) is 50.2 Å². The molecule has 196 valence electrons. The van der Waals surface area contributed by atoms with Gasteiger partial charge in [0.1, 0.15) is 11.6 Å². The highest BCUT2D eigenvalue weighted by molar-refractivity contribution is 6.31. The van der Waals surface area contributed by atoms with Crippen molar-refractivity contribution in [1.82, 2.24) is 15.3 Å². The minimum atomic E-state index is -4.72. The summed E-state index contributed by atoms with van der Waals surface area (Å²) in [7, 11) is 0. The van der Waals surface area contributed by atoms with Crippen LogP contribution in [0.25, 0.3) is 11.0 Å². The Morgan fingerprint density at radius 1 is 1.03 bits per heavy atom. The Kier molecular flexibility index (Phi) is 7.04. The van der Waals surface area contributed by atoms with Crippen LogP contribution in [0.5, 0.6) is 11.5 Å². The van der Waals surface area contributed by atoms with Crippen molar-refractivity contribution in [1.29, 1.82) is 0 Å². The molecule has 0 unspecified atom stereocenters. The molecule has 2 heterocycles. The number of amides is 1. The van der Waals surface area contributed by atoms with Gasteiger partial charge in [-0.3, -0.25) is 9.78 Å². The maximum atomic E-state index is 14.8. The van der Waals surface area contributed by atoms with Gasteiger partial charge in [-0.2, -0.15) is 13.2 Å². The van der Waals surface area contributed by atoms with Crippen LogP contribution < -0.4 is 20.3 Å². The second-order valence-corrected chi connectivity index (χ2v) is 8.92. The molecule has 2 N–H and O–H groups in total. The topological polar surface area (TPSA) is 79.4 Å². The zero-order valence-corrected chi connectivity index (χ0v) is 20.4. The molecule has 1 amide bonds. The lowest BCUT2D eigenvalue weighted by Crippen LogP contribution is -2.43. The molecule has 0 radical (unpaired) electrons. The fraction of sp³-hybridized carbons (Fsp3) is 0.192. The van der Waals surface area contributed by atoms with Gasteiger partial charge >= 0.3 is 6.18 Å². The van der Waals surface area contributed by atoms with E-state index in [2.05, 4.69) is 25.5 Å². The maximum Gasteiger partial charge on any atom is 0.417 e. The molecule has 0 bridgehead atoms. The molecule has 7 nitrogen and oxygen atoms in total. The van der Waals surface area contributed by atoms with Gasteiger partial charge < -0.3 is 20.3 Å². The lowest BCUT2D eigenvalue weighted by Gasteiger charge is -2.28. The number of carbonyl (C=O) groups excluding carboxylic acids is 1. The standard InChI is InChI=1S/C26H20ClF4N5O2/c27-19-4-1-15(11-18(19)26(29,30)31)25(37)34-16-2-6-23(20(28)12-16)38-17-3-5-21-22(13-17)35-24(14-33-21)36-9-7-32-8-10-36/h1-6,11-14,32H,7-10H2,(H,34,37). The number of nitrogens with zero attached hydrogens (tertiary/aromatic N) is 3. The Labute approximate surface area is 219 Å². The Hall–Kier alpha value is -3.96. The predicted octanol–water partition coefficient (Wildman–Crippen LogP) is 5.90. The SMILES string of the molecule is O=C(Nc1ccc(Oc2ccc3ncc(N4CCNCC4)nc3c2)c(F)c1)c1ccc(Cl)c(C(F)(F)F)c1. The van der Waals surface area contributed by atoms with Gasteiger partial charge in [0.2, 0.25) is 0 Å². The molecule has 38 heavy (non-hydrogen) atoms. The Morgan fingerprint density at radius 3 is 2.55 bits per heavy atom. The van der Waals surface area contributed by atoms with Crippen molar-refractivity contribution >= 4 is 40.0 Å². The summed E-state index contributed by atoms with van der Waals surface area (Å²) in [6.07, 6.45) is -3.01. The maximum absolute atomic E-state index is 14.8. The molecule has 0 saturated carbocycles. The lowest BCUT2D eigenvalue weighted by molar-refractivity contribution is -0.137. The zero-order chi connectivity index (χ0) is 26.9. The minimum absolute atomic E-state index is 0.0356. The summed E-state index contributed by atoms with van der Waals surface area (Å²) in [6.45, 7) is 3.33. The number of halogens is 5. The van der Waals surface area contributed by atoms with Crippen LogP contribution in [0.1, 0.15) is 15.9 Å². The quantitative estimate of drug-likeness (QED) is 0.304. The lowest BCUT2D eigenvalue weighted by atomic mass is 10.1. The molecule has 1 aliphatic rings. The van der Waals surface area contributed by atoms with Gasteiger partial charge in [0.25, 0.3) is 5.91 Å². The van der Waals surface area contributed by atoms with E-state index >= 15 is 0 Å². The highest BCUT2D eigenvalue weighted by atomic mass is 35.5. The fourth-order valence-corrected chi connectivity index (χ4v) is 4.19. The summed E-state index contributed by atoms with van der Waals surface area (Å²) < 4.78 is 59.8. The van der Waals surface area contributed by atoms with Crippen LogP contribution in [0, 0.1) is 5.82 Å². The van der Waals surface area contributed by atoms with E-state index in [1.165, 1.54) is 12.1 Å². The van der Waals surface area contributed by atoms with Gasteiger partial charge in [-0.15, -0.1) is 0 Å². The number of hydrogen-bond acceptors (Lipinski definition) is 6. The molecule has 0 atom stereocenters. The number of carbonyl (C=O) groups is 1. The van der Waals surface area contributed by atoms with E-state index in [-0.39, 0.29) is 17.0 Å². The molecule has 3 aromatic carbocycles. The first kappa shape index (κ1) is 25.7. The number of alkyl halides is 3. The summed E-state index contributed by atoms with van der Waals surface area (Å²) in [6, 6.07) is 11.5. The summed E-state index contributed by atoms with van der Waals surface area (Å²) in [4.78, 5) is 23.7. The van der Waals surface area contributed by atoms with E-state index < -0.39 is 28.5 Å². The highest BCUT2D eigenvalue weighted by Crippen LogP contribution is 2.35. The third-order valence-corrected chi connectivity index (χ3v) is 6.22. The van der Waals surface area contributed by atoms with Crippen LogP contribution in [0.4, 0.5) is 29.1 Å². The van der Waals surface area contributed by atoms with E-state index in [1.807, 2.05) is 0 Å². The predicted molar refractivity (Wildman–Crippen MR) is 136 cm³/mol. The Bertz CT molecular complexity index is 1510. The molecule has 1 saturated heterocycles. The van der Waals surface area contributed by atoms with Gasteiger partial charge in [-0.05, 0) is 42.5 Å². The summed E-state index contributed by atoms with van der Waals surface area (Å²) in [5.74, 6) is -0.671. The summed E-state index contributed by atoms with van der Waals surface area (Å²) in [5.41, 5.74) is -0.134. The van der Waals surface area contributed by atoms with Crippen molar-refractivity contribution in [2.24, 2.45) is 0 Å². The van der Waals surface area contributed by atoms with E-state index in [0.29, 0.717) is 22.8 Å². The van der Waals surface area contributed by atoms with E-state index in [4.69, 9.17) is 16.3 Å². The van der Waals surface area contributed by atoms with Crippen LogP contribution in [-0.2, 0) is 6.18 Å². The average molecular weight is 546 g/mol. The van der Waals surface area contributed by atoms with Crippen LogP contribution >= 0.6 is 11.6 Å². The minimum Gasteiger partial charge on any atom is -0.454 e. The van der Waals surface area contributed by atoms with Crippen molar-refractivity contribution < 1.29 is 27.1 Å². The number of ether oxygens (including phenoxy) is 1. The number of benzene rings is 3. The second-order valence-electron chi connectivity index (χ2n) is 8.51. The largest absolute Gasteiger partial charge is 0.454 e. The number of aromatic nitrogens is 2. The van der Waals surface area contributed by atoms with Gasteiger partial charge in [0, 0.05) is 49.6 Å².